The Hall–Kier alpha value is -2.44. The highest BCUT2D eigenvalue weighted by atomic mass is 32.2. The lowest BCUT2D eigenvalue weighted by molar-refractivity contribution is -0.132. The summed E-state index contributed by atoms with van der Waals surface area (Å²) in [5.41, 5.74) is 3.23. The van der Waals surface area contributed by atoms with Crippen molar-refractivity contribution in [1.29, 1.82) is 0 Å². The van der Waals surface area contributed by atoms with Gasteiger partial charge in [0.15, 0.2) is 0 Å². The smallest absolute Gasteiger partial charge is 0.266 e. The van der Waals surface area contributed by atoms with Crippen molar-refractivity contribution in [2.24, 2.45) is 0 Å². The molecule has 6 heteroatoms. The Labute approximate surface area is 181 Å². The third-order valence-corrected chi connectivity index (χ3v) is 6.13. The van der Waals surface area contributed by atoms with Gasteiger partial charge in [-0.1, -0.05) is 84.1 Å². The van der Waals surface area contributed by atoms with Gasteiger partial charge in [0, 0.05) is 26.1 Å². The van der Waals surface area contributed by atoms with Crippen molar-refractivity contribution >= 4 is 46.2 Å². The molecule has 1 fully saturated rings. The molecule has 0 N–H and O–H groups in total. The van der Waals surface area contributed by atoms with E-state index in [2.05, 4.69) is 0 Å². The number of amides is 2. The molecule has 3 rings (SSSR count). The van der Waals surface area contributed by atoms with E-state index < -0.39 is 0 Å². The number of thioether (sulfide) groups is 1. The maximum absolute atomic E-state index is 12.8. The minimum absolute atomic E-state index is 0.0212. The van der Waals surface area contributed by atoms with Crippen LogP contribution in [0.1, 0.15) is 30.0 Å². The van der Waals surface area contributed by atoms with Crippen LogP contribution in [-0.2, 0) is 16.1 Å². The molecule has 2 aromatic carbocycles. The highest BCUT2D eigenvalue weighted by Gasteiger charge is 2.32. The first kappa shape index (κ1) is 21.3. The van der Waals surface area contributed by atoms with Crippen molar-refractivity contribution in [2.45, 2.75) is 26.8 Å². The molecule has 1 heterocycles. The lowest BCUT2D eigenvalue weighted by Gasteiger charge is -2.22. The summed E-state index contributed by atoms with van der Waals surface area (Å²) in [6, 6.07) is 17.9. The molecule has 29 heavy (non-hydrogen) atoms. The van der Waals surface area contributed by atoms with Gasteiger partial charge in [0.2, 0.25) is 5.91 Å². The fourth-order valence-corrected chi connectivity index (χ4v) is 4.36. The second kappa shape index (κ2) is 9.85. The van der Waals surface area contributed by atoms with Crippen LogP contribution in [0.5, 0.6) is 0 Å². The van der Waals surface area contributed by atoms with Crippen LogP contribution in [0.25, 0.3) is 6.08 Å². The Kier molecular flexibility index (Phi) is 7.23. The summed E-state index contributed by atoms with van der Waals surface area (Å²) < 4.78 is 0.507. The Balaban J connectivity index is 1.60. The molecule has 0 radical (unpaired) electrons. The van der Waals surface area contributed by atoms with Crippen LogP contribution in [0.4, 0.5) is 0 Å². The summed E-state index contributed by atoms with van der Waals surface area (Å²) in [6.07, 6.45) is 2.11. The first-order chi connectivity index (χ1) is 14.0. The van der Waals surface area contributed by atoms with E-state index in [1.807, 2.05) is 74.5 Å². The van der Waals surface area contributed by atoms with Gasteiger partial charge in [-0.05, 0) is 31.1 Å². The molecule has 0 aromatic heterocycles. The van der Waals surface area contributed by atoms with Gasteiger partial charge < -0.3 is 4.90 Å². The Bertz CT molecular complexity index is 924. The van der Waals surface area contributed by atoms with Gasteiger partial charge >= 0.3 is 0 Å². The molecule has 0 aliphatic carbocycles. The summed E-state index contributed by atoms with van der Waals surface area (Å²) >= 11 is 6.68. The van der Waals surface area contributed by atoms with E-state index in [0.717, 1.165) is 11.1 Å². The largest absolute Gasteiger partial charge is 0.339 e. The molecule has 0 unspecified atom stereocenters. The van der Waals surface area contributed by atoms with Crippen molar-refractivity contribution in [3.05, 3.63) is 76.2 Å². The standard InChI is InChI=1S/C23H24N2O2S2/c1-3-24(16-19-7-5-4-6-8-19)21(26)13-14-25-22(27)20(29-23(25)28)15-18-11-9-17(2)10-12-18/h4-12,15H,3,13-14,16H2,1-2H3. The fraction of sp³-hybridized carbons (Fsp3) is 0.261. The maximum Gasteiger partial charge on any atom is 0.266 e. The zero-order chi connectivity index (χ0) is 20.8. The number of thiocarbonyl (C=S) groups is 1. The minimum atomic E-state index is -0.125. The number of carbonyl (C=O) groups excluding carboxylic acids is 2. The number of carbonyl (C=O) groups is 2. The monoisotopic (exact) mass is 424 g/mol. The molecule has 0 saturated carbocycles. The minimum Gasteiger partial charge on any atom is -0.339 e. The third-order valence-electron chi connectivity index (χ3n) is 4.75. The van der Waals surface area contributed by atoms with Crippen molar-refractivity contribution in [3.63, 3.8) is 0 Å². The molecule has 150 valence electrons. The zero-order valence-corrected chi connectivity index (χ0v) is 18.3. The summed E-state index contributed by atoms with van der Waals surface area (Å²) in [4.78, 5) is 29.4. The molecule has 4 nitrogen and oxygen atoms in total. The zero-order valence-electron chi connectivity index (χ0n) is 16.6. The number of benzene rings is 2. The van der Waals surface area contributed by atoms with Gasteiger partial charge in [-0.2, -0.15) is 0 Å². The van der Waals surface area contributed by atoms with Crippen LogP contribution in [0.3, 0.4) is 0 Å². The molecule has 1 aliphatic heterocycles. The van der Waals surface area contributed by atoms with Crippen molar-refractivity contribution < 1.29 is 9.59 Å². The Morgan fingerprint density at radius 1 is 1.14 bits per heavy atom. The van der Waals surface area contributed by atoms with E-state index in [0.29, 0.717) is 28.9 Å². The van der Waals surface area contributed by atoms with Crippen molar-refractivity contribution in [2.75, 3.05) is 13.1 Å². The number of hydrogen-bond donors (Lipinski definition) is 0. The molecule has 0 bridgehead atoms. The molecular weight excluding hydrogens is 400 g/mol. The second-order valence-electron chi connectivity index (χ2n) is 6.89. The summed E-state index contributed by atoms with van der Waals surface area (Å²) in [5.74, 6) is -0.104. The number of nitrogens with zero attached hydrogens (tertiary/aromatic N) is 2. The quantitative estimate of drug-likeness (QED) is 0.480. The van der Waals surface area contributed by atoms with E-state index in [-0.39, 0.29) is 18.2 Å². The summed E-state index contributed by atoms with van der Waals surface area (Å²) in [5, 5.41) is 0. The predicted molar refractivity (Wildman–Crippen MR) is 123 cm³/mol. The van der Waals surface area contributed by atoms with Crippen LogP contribution in [0.2, 0.25) is 0 Å². The molecule has 2 aromatic rings. The topological polar surface area (TPSA) is 40.6 Å². The van der Waals surface area contributed by atoms with Gasteiger partial charge in [0.05, 0.1) is 4.91 Å². The first-order valence-corrected chi connectivity index (χ1v) is 10.8. The maximum atomic E-state index is 12.8. The SMILES string of the molecule is CCN(Cc1ccccc1)C(=O)CCN1C(=O)C(=Cc2ccc(C)cc2)SC1=S. The molecule has 1 saturated heterocycles. The average Bonchev–Trinajstić information content (AvgIpc) is 2.99. The summed E-state index contributed by atoms with van der Waals surface area (Å²) in [6.45, 7) is 5.49. The van der Waals surface area contributed by atoms with Gasteiger partial charge in [-0.25, -0.2) is 0 Å². The lowest BCUT2D eigenvalue weighted by atomic mass is 10.1. The van der Waals surface area contributed by atoms with Crippen LogP contribution in [-0.4, -0.2) is 39.0 Å². The average molecular weight is 425 g/mol. The van der Waals surface area contributed by atoms with Gasteiger partial charge in [0.25, 0.3) is 5.91 Å². The predicted octanol–water partition coefficient (Wildman–Crippen LogP) is 4.64. The van der Waals surface area contributed by atoms with Crippen molar-refractivity contribution in [1.82, 2.24) is 9.80 Å². The molecule has 0 spiro atoms. The first-order valence-electron chi connectivity index (χ1n) is 9.61. The van der Waals surface area contributed by atoms with Gasteiger partial charge in [-0.15, -0.1) is 0 Å². The molecule has 2 amide bonds. The highest BCUT2D eigenvalue weighted by molar-refractivity contribution is 8.26. The number of aryl methyl sites for hydroxylation is 1. The second-order valence-corrected chi connectivity index (χ2v) is 8.56. The van der Waals surface area contributed by atoms with E-state index in [1.54, 1.807) is 4.90 Å². The van der Waals surface area contributed by atoms with Crippen LogP contribution >= 0.6 is 24.0 Å². The van der Waals surface area contributed by atoms with Crippen LogP contribution in [0, 0.1) is 6.92 Å². The molecule has 1 aliphatic rings. The van der Waals surface area contributed by atoms with E-state index in [1.165, 1.54) is 22.2 Å². The van der Waals surface area contributed by atoms with E-state index in [4.69, 9.17) is 12.2 Å². The van der Waals surface area contributed by atoms with E-state index >= 15 is 0 Å². The van der Waals surface area contributed by atoms with E-state index in [9.17, 15) is 9.59 Å². The molecule has 0 atom stereocenters. The third kappa shape index (κ3) is 5.55. The number of rotatable bonds is 7. The molecular formula is C23H24N2O2S2. The Morgan fingerprint density at radius 2 is 1.83 bits per heavy atom. The normalized spacial score (nSPS) is 15.2. The highest BCUT2D eigenvalue weighted by Crippen LogP contribution is 2.32. The van der Waals surface area contributed by atoms with Gasteiger partial charge in [-0.3, -0.25) is 14.5 Å². The van der Waals surface area contributed by atoms with Crippen molar-refractivity contribution in [3.8, 4) is 0 Å². The lowest BCUT2D eigenvalue weighted by Crippen LogP contribution is -2.35. The van der Waals surface area contributed by atoms with Crippen LogP contribution < -0.4 is 0 Å². The van der Waals surface area contributed by atoms with Gasteiger partial charge in [0.1, 0.15) is 4.32 Å². The Morgan fingerprint density at radius 3 is 2.48 bits per heavy atom. The fourth-order valence-electron chi connectivity index (χ4n) is 3.05. The number of hydrogen-bond acceptors (Lipinski definition) is 4. The summed E-state index contributed by atoms with van der Waals surface area (Å²) in [7, 11) is 0. The van der Waals surface area contributed by atoms with Crippen LogP contribution in [0.15, 0.2) is 59.5 Å².